The summed E-state index contributed by atoms with van der Waals surface area (Å²) in [6.07, 6.45) is 3.27. The van der Waals surface area contributed by atoms with Crippen LogP contribution in [0.15, 0.2) is 48.8 Å². The minimum Gasteiger partial charge on any atom is -0.379 e. The van der Waals surface area contributed by atoms with Crippen molar-refractivity contribution >= 4 is 16.8 Å². The molecule has 138 valence electrons. The predicted molar refractivity (Wildman–Crippen MR) is 95.2 cm³/mol. The number of rotatable bonds is 4. The molecule has 4 rings (SSSR count). The third kappa shape index (κ3) is 3.64. The molecule has 0 spiro atoms. The second-order valence-corrected chi connectivity index (χ2v) is 6.55. The Hall–Kier alpha value is -2.93. The van der Waals surface area contributed by atoms with Crippen molar-refractivity contribution in [2.45, 2.75) is 12.5 Å². The van der Waals surface area contributed by atoms with Crippen LogP contribution in [-0.4, -0.2) is 35.1 Å². The normalized spacial score (nSPS) is 19.3. The molecule has 1 aliphatic rings. The number of amides is 1. The first-order chi connectivity index (χ1) is 13.1. The van der Waals surface area contributed by atoms with Crippen molar-refractivity contribution < 1.29 is 18.3 Å². The fourth-order valence-electron chi connectivity index (χ4n) is 3.39. The van der Waals surface area contributed by atoms with Gasteiger partial charge in [-0.2, -0.15) is 0 Å². The van der Waals surface area contributed by atoms with Gasteiger partial charge in [-0.3, -0.25) is 9.78 Å². The number of carbonyl (C=O) groups excluding carboxylic acids is 1. The summed E-state index contributed by atoms with van der Waals surface area (Å²) in [6, 6.07) is 10.2. The maximum absolute atomic E-state index is 13.8. The van der Waals surface area contributed by atoms with Crippen LogP contribution >= 0.6 is 0 Å². The molecule has 0 radical (unpaired) electrons. The summed E-state index contributed by atoms with van der Waals surface area (Å²) in [5.74, 6) is -2.45. The highest BCUT2D eigenvalue weighted by Crippen LogP contribution is 2.24. The minimum absolute atomic E-state index is 0.0308. The molecular weight excluding hydrogens is 352 g/mol. The van der Waals surface area contributed by atoms with Crippen molar-refractivity contribution in [2.24, 2.45) is 5.92 Å². The average Bonchev–Trinajstić information content (AvgIpc) is 3.08. The van der Waals surface area contributed by atoms with Crippen LogP contribution in [0, 0.1) is 17.6 Å². The summed E-state index contributed by atoms with van der Waals surface area (Å²) in [7, 11) is 0. The third-order valence-electron chi connectivity index (χ3n) is 4.76. The molecule has 0 unspecified atom stereocenters. The Balaban J connectivity index is 1.51. The summed E-state index contributed by atoms with van der Waals surface area (Å²) in [4.78, 5) is 20.3. The maximum atomic E-state index is 13.8. The first-order valence-corrected chi connectivity index (χ1v) is 8.64. The summed E-state index contributed by atoms with van der Waals surface area (Å²) in [5.41, 5.74) is 1.60. The number of hydrogen-bond acceptors (Lipinski definition) is 4. The molecule has 1 amide bonds. The molecule has 2 aromatic heterocycles. The fourth-order valence-corrected chi connectivity index (χ4v) is 3.39. The highest BCUT2D eigenvalue weighted by molar-refractivity contribution is 5.92. The smallest absolute Gasteiger partial charge is 0.273 e. The van der Waals surface area contributed by atoms with Crippen molar-refractivity contribution in [1.29, 1.82) is 0 Å². The second kappa shape index (κ2) is 7.36. The van der Waals surface area contributed by atoms with Gasteiger partial charge in [0.15, 0.2) is 11.5 Å². The highest BCUT2D eigenvalue weighted by Gasteiger charge is 2.31. The first-order valence-electron chi connectivity index (χ1n) is 8.64. The quantitative estimate of drug-likeness (QED) is 0.768. The van der Waals surface area contributed by atoms with Crippen LogP contribution in [0.3, 0.4) is 0 Å². The van der Waals surface area contributed by atoms with Gasteiger partial charge in [0.2, 0.25) is 0 Å². The standard InChI is InChI=1S/C20H17F2N3O2/c21-14-8-16(22)19(24-9-14)20(26)25-18-11-27-10-13(18)7-12-5-6-23-17-4-2-1-3-15(12)17/h1-6,8-9,13,18H,7,10-11H2,(H,25,26)/t13-,18+/m1/s1. The van der Waals surface area contributed by atoms with Gasteiger partial charge in [0.25, 0.3) is 5.91 Å². The van der Waals surface area contributed by atoms with Gasteiger partial charge < -0.3 is 10.1 Å². The van der Waals surface area contributed by atoms with E-state index < -0.39 is 23.2 Å². The van der Waals surface area contributed by atoms with Crippen LogP contribution in [0.4, 0.5) is 8.78 Å². The van der Waals surface area contributed by atoms with Gasteiger partial charge in [0.05, 0.1) is 31.0 Å². The summed E-state index contributed by atoms with van der Waals surface area (Å²) < 4.78 is 32.3. The number of nitrogens with one attached hydrogen (secondary N) is 1. The topological polar surface area (TPSA) is 64.1 Å². The van der Waals surface area contributed by atoms with Crippen molar-refractivity contribution in [3.63, 3.8) is 0 Å². The average molecular weight is 369 g/mol. The zero-order valence-corrected chi connectivity index (χ0v) is 14.4. The van der Waals surface area contributed by atoms with E-state index in [9.17, 15) is 13.6 Å². The molecule has 1 fully saturated rings. The lowest BCUT2D eigenvalue weighted by atomic mass is 9.93. The molecule has 1 aromatic carbocycles. The van der Waals surface area contributed by atoms with E-state index in [1.807, 2.05) is 30.3 Å². The van der Waals surface area contributed by atoms with Crippen molar-refractivity contribution in [1.82, 2.24) is 15.3 Å². The van der Waals surface area contributed by atoms with Crippen molar-refractivity contribution in [3.05, 3.63) is 71.7 Å². The lowest BCUT2D eigenvalue weighted by molar-refractivity contribution is 0.0915. The largest absolute Gasteiger partial charge is 0.379 e. The Labute approximate surface area is 154 Å². The van der Waals surface area contributed by atoms with E-state index >= 15 is 0 Å². The van der Waals surface area contributed by atoms with Crippen LogP contribution in [0.5, 0.6) is 0 Å². The number of hydrogen-bond donors (Lipinski definition) is 1. The summed E-state index contributed by atoms with van der Waals surface area (Å²) in [6.45, 7) is 0.823. The maximum Gasteiger partial charge on any atom is 0.273 e. The molecule has 27 heavy (non-hydrogen) atoms. The van der Waals surface area contributed by atoms with Crippen LogP contribution in [-0.2, 0) is 11.2 Å². The summed E-state index contributed by atoms with van der Waals surface area (Å²) >= 11 is 0. The van der Waals surface area contributed by atoms with Gasteiger partial charge in [0.1, 0.15) is 5.82 Å². The zero-order chi connectivity index (χ0) is 18.8. The number of para-hydroxylation sites is 1. The Morgan fingerprint density at radius 1 is 1.19 bits per heavy atom. The monoisotopic (exact) mass is 369 g/mol. The third-order valence-corrected chi connectivity index (χ3v) is 4.76. The molecule has 2 atom stereocenters. The van der Waals surface area contributed by atoms with E-state index in [0.717, 1.165) is 22.7 Å². The van der Waals surface area contributed by atoms with E-state index in [4.69, 9.17) is 4.74 Å². The van der Waals surface area contributed by atoms with E-state index in [2.05, 4.69) is 15.3 Å². The SMILES string of the molecule is O=C(N[C@H]1COC[C@H]1Cc1ccnc2ccccc12)c1ncc(F)cc1F. The van der Waals surface area contributed by atoms with Crippen LogP contribution in [0.25, 0.3) is 10.9 Å². The Morgan fingerprint density at radius 2 is 2.04 bits per heavy atom. The summed E-state index contributed by atoms with van der Waals surface area (Å²) in [5, 5.41) is 3.83. The van der Waals surface area contributed by atoms with E-state index in [1.54, 1.807) is 6.20 Å². The number of benzene rings is 1. The number of carbonyl (C=O) groups is 1. The van der Waals surface area contributed by atoms with E-state index in [0.29, 0.717) is 25.7 Å². The molecule has 7 heteroatoms. The lowest BCUT2D eigenvalue weighted by Crippen LogP contribution is -2.41. The number of pyridine rings is 2. The molecular formula is C20H17F2N3O2. The molecule has 0 aliphatic carbocycles. The molecule has 1 saturated heterocycles. The Kier molecular flexibility index (Phi) is 4.77. The van der Waals surface area contributed by atoms with Crippen molar-refractivity contribution in [2.75, 3.05) is 13.2 Å². The van der Waals surface area contributed by atoms with E-state index in [-0.39, 0.29) is 12.0 Å². The number of fused-ring (bicyclic) bond motifs is 1. The fraction of sp³-hybridized carbons (Fsp3) is 0.250. The van der Waals surface area contributed by atoms with Gasteiger partial charge in [-0.1, -0.05) is 18.2 Å². The molecule has 1 aliphatic heterocycles. The Bertz CT molecular complexity index is 991. The number of halogens is 2. The highest BCUT2D eigenvalue weighted by atomic mass is 19.1. The Morgan fingerprint density at radius 3 is 2.89 bits per heavy atom. The van der Waals surface area contributed by atoms with Gasteiger partial charge in [-0.25, -0.2) is 13.8 Å². The molecule has 5 nitrogen and oxygen atoms in total. The number of aromatic nitrogens is 2. The first kappa shape index (κ1) is 17.5. The molecule has 3 aromatic rings. The van der Waals surface area contributed by atoms with E-state index in [1.165, 1.54) is 0 Å². The molecule has 0 bridgehead atoms. The van der Waals surface area contributed by atoms with Gasteiger partial charge in [0, 0.05) is 23.6 Å². The number of nitrogens with zero attached hydrogens (tertiary/aromatic N) is 2. The van der Waals surface area contributed by atoms with Crippen LogP contribution in [0.2, 0.25) is 0 Å². The second-order valence-electron chi connectivity index (χ2n) is 6.55. The predicted octanol–water partition coefficient (Wildman–Crippen LogP) is 2.90. The van der Waals surface area contributed by atoms with Crippen LogP contribution < -0.4 is 5.32 Å². The molecule has 1 N–H and O–H groups in total. The minimum atomic E-state index is -0.983. The molecule has 3 heterocycles. The van der Waals surface area contributed by atoms with Gasteiger partial charge >= 0.3 is 0 Å². The number of ether oxygens (including phenoxy) is 1. The van der Waals surface area contributed by atoms with Gasteiger partial charge in [-0.15, -0.1) is 0 Å². The molecule has 0 saturated carbocycles. The van der Waals surface area contributed by atoms with Crippen LogP contribution in [0.1, 0.15) is 16.1 Å². The zero-order valence-electron chi connectivity index (χ0n) is 14.4. The van der Waals surface area contributed by atoms with Crippen molar-refractivity contribution in [3.8, 4) is 0 Å². The lowest BCUT2D eigenvalue weighted by Gasteiger charge is -2.19. The van der Waals surface area contributed by atoms with Gasteiger partial charge in [-0.05, 0) is 24.1 Å².